The number of carbonyl (C=O) groups is 1. The van der Waals surface area contributed by atoms with Crippen molar-refractivity contribution in [2.24, 2.45) is 0 Å². The molecule has 1 unspecified atom stereocenters. The zero-order valence-corrected chi connectivity index (χ0v) is 13.3. The van der Waals surface area contributed by atoms with Gasteiger partial charge in [0.2, 0.25) is 5.91 Å². The van der Waals surface area contributed by atoms with Gasteiger partial charge in [-0.3, -0.25) is 9.69 Å². The van der Waals surface area contributed by atoms with Crippen molar-refractivity contribution in [2.45, 2.75) is 32.7 Å². The van der Waals surface area contributed by atoms with Crippen LogP contribution in [0.3, 0.4) is 0 Å². The number of hydrogen-bond acceptors (Lipinski definition) is 3. The summed E-state index contributed by atoms with van der Waals surface area (Å²) < 4.78 is 5.47. The second-order valence-corrected chi connectivity index (χ2v) is 5.64. The van der Waals surface area contributed by atoms with Crippen molar-refractivity contribution in [3.8, 4) is 5.75 Å². The van der Waals surface area contributed by atoms with Gasteiger partial charge in [0.25, 0.3) is 0 Å². The maximum absolute atomic E-state index is 11.6. The fraction of sp³-hybridized carbons (Fsp3) is 0.588. The predicted octanol–water partition coefficient (Wildman–Crippen LogP) is 2.70. The first-order valence-corrected chi connectivity index (χ1v) is 7.82. The third-order valence-corrected chi connectivity index (χ3v) is 4.23. The first-order valence-electron chi connectivity index (χ1n) is 7.82. The van der Waals surface area contributed by atoms with Gasteiger partial charge in [-0.2, -0.15) is 0 Å². The van der Waals surface area contributed by atoms with Gasteiger partial charge in [0.15, 0.2) is 0 Å². The summed E-state index contributed by atoms with van der Waals surface area (Å²) in [5.74, 6) is 1.22. The molecule has 4 nitrogen and oxygen atoms in total. The number of carbonyl (C=O) groups excluding carboxylic acids is 1. The first kappa shape index (κ1) is 15.8. The second kappa shape index (κ2) is 7.46. The van der Waals surface area contributed by atoms with E-state index in [1.165, 1.54) is 5.56 Å². The fourth-order valence-electron chi connectivity index (χ4n) is 2.68. The van der Waals surface area contributed by atoms with E-state index >= 15 is 0 Å². The molecule has 1 aliphatic rings. The lowest BCUT2D eigenvalue weighted by molar-refractivity contribution is -0.127. The molecule has 0 bridgehead atoms. The monoisotopic (exact) mass is 290 g/mol. The van der Waals surface area contributed by atoms with E-state index in [-0.39, 0.29) is 0 Å². The molecule has 116 valence electrons. The summed E-state index contributed by atoms with van der Waals surface area (Å²) in [6.07, 6.45) is 1.73. The highest BCUT2D eigenvalue weighted by molar-refractivity contribution is 5.78. The summed E-state index contributed by atoms with van der Waals surface area (Å²) in [5.41, 5.74) is 1.27. The van der Waals surface area contributed by atoms with Crippen molar-refractivity contribution in [1.29, 1.82) is 0 Å². The van der Waals surface area contributed by atoms with E-state index < -0.39 is 0 Å². The van der Waals surface area contributed by atoms with E-state index in [0.29, 0.717) is 18.6 Å². The highest BCUT2D eigenvalue weighted by Gasteiger charge is 2.21. The van der Waals surface area contributed by atoms with E-state index in [0.717, 1.165) is 38.2 Å². The van der Waals surface area contributed by atoms with Gasteiger partial charge in [-0.15, -0.1) is 0 Å². The quantitative estimate of drug-likeness (QED) is 0.774. The van der Waals surface area contributed by atoms with Gasteiger partial charge in [-0.05, 0) is 45.0 Å². The Labute approximate surface area is 127 Å². The van der Waals surface area contributed by atoms with Gasteiger partial charge in [0, 0.05) is 32.1 Å². The van der Waals surface area contributed by atoms with Crippen LogP contribution in [0, 0.1) is 0 Å². The number of amides is 1. The molecule has 1 atom stereocenters. The molecular weight excluding hydrogens is 264 g/mol. The zero-order chi connectivity index (χ0) is 15.2. The Balaban J connectivity index is 1.86. The third kappa shape index (κ3) is 4.21. The molecule has 0 spiro atoms. The lowest BCUT2D eigenvalue weighted by atomic mass is 10.1. The van der Waals surface area contributed by atoms with Crippen molar-refractivity contribution in [3.63, 3.8) is 0 Å². The molecular formula is C17H26N2O2. The van der Waals surface area contributed by atoms with Gasteiger partial charge < -0.3 is 9.64 Å². The summed E-state index contributed by atoms with van der Waals surface area (Å²) >= 11 is 0. The third-order valence-electron chi connectivity index (χ3n) is 4.23. The molecule has 1 aromatic rings. The number of likely N-dealkylation sites (N-methyl/N-ethyl adjacent to an activating group) is 1. The second-order valence-electron chi connectivity index (χ2n) is 5.64. The Bertz CT molecular complexity index is 458. The molecule has 1 aliphatic heterocycles. The molecule has 4 heteroatoms. The Morgan fingerprint density at radius 2 is 2.05 bits per heavy atom. The number of benzene rings is 1. The van der Waals surface area contributed by atoms with E-state index in [1.807, 2.05) is 24.0 Å². The van der Waals surface area contributed by atoms with Gasteiger partial charge in [0.1, 0.15) is 5.75 Å². The van der Waals surface area contributed by atoms with Crippen molar-refractivity contribution in [1.82, 2.24) is 9.80 Å². The van der Waals surface area contributed by atoms with Crippen molar-refractivity contribution in [3.05, 3.63) is 29.8 Å². The van der Waals surface area contributed by atoms with Crippen molar-refractivity contribution >= 4 is 5.91 Å². The Hall–Kier alpha value is -1.55. The van der Waals surface area contributed by atoms with Gasteiger partial charge in [-0.1, -0.05) is 12.1 Å². The lowest BCUT2D eigenvalue weighted by Crippen LogP contribution is -2.35. The minimum atomic E-state index is 0.303. The van der Waals surface area contributed by atoms with Crippen molar-refractivity contribution in [2.75, 3.05) is 33.3 Å². The Morgan fingerprint density at radius 3 is 2.62 bits per heavy atom. The van der Waals surface area contributed by atoms with Crippen LogP contribution in [0.2, 0.25) is 0 Å². The number of ether oxygens (including phenoxy) is 1. The van der Waals surface area contributed by atoms with Crippen LogP contribution in [0.4, 0.5) is 0 Å². The Morgan fingerprint density at radius 1 is 1.33 bits per heavy atom. The van der Waals surface area contributed by atoms with Crippen LogP contribution in [-0.4, -0.2) is 49.0 Å². The van der Waals surface area contributed by atoms with E-state index in [4.69, 9.17) is 4.74 Å². The van der Waals surface area contributed by atoms with Crippen LogP contribution in [0.25, 0.3) is 0 Å². The Kier molecular flexibility index (Phi) is 5.62. The normalized spacial score (nSPS) is 16.6. The van der Waals surface area contributed by atoms with E-state index in [9.17, 15) is 4.79 Å². The van der Waals surface area contributed by atoms with E-state index in [1.54, 1.807) is 0 Å². The predicted molar refractivity (Wildman–Crippen MR) is 84.5 cm³/mol. The molecule has 1 heterocycles. The standard InChI is InChI=1S/C17H26N2O2/c1-4-21-16-9-7-15(8-10-16)14(2)18(3)12-13-19-11-5-6-17(19)20/h7-10,14H,4-6,11-13H2,1-3H3. The van der Waals surface area contributed by atoms with Crippen LogP contribution in [0.5, 0.6) is 5.75 Å². The fourth-order valence-corrected chi connectivity index (χ4v) is 2.68. The molecule has 1 aromatic carbocycles. The number of nitrogens with zero attached hydrogens (tertiary/aromatic N) is 2. The molecule has 0 aliphatic carbocycles. The number of rotatable bonds is 7. The average Bonchev–Trinajstić information content (AvgIpc) is 2.90. The first-order chi connectivity index (χ1) is 10.1. The molecule has 0 saturated carbocycles. The summed E-state index contributed by atoms with van der Waals surface area (Å²) in [4.78, 5) is 15.9. The smallest absolute Gasteiger partial charge is 0.222 e. The topological polar surface area (TPSA) is 32.8 Å². The molecule has 0 radical (unpaired) electrons. The lowest BCUT2D eigenvalue weighted by Gasteiger charge is -2.27. The van der Waals surface area contributed by atoms with Gasteiger partial charge >= 0.3 is 0 Å². The van der Waals surface area contributed by atoms with Gasteiger partial charge in [-0.25, -0.2) is 0 Å². The zero-order valence-electron chi connectivity index (χ0n) is 13.3. The summed E-state index contributed by atoms with van der Waals surface area (Å²) in [5, 5.41) is 0. The molecule has 1 saturated heterocycles. The maximum atomic E-state index is 11.6. The minimum absolute atomic E-state index is 0.303. The van der Waals surface area contributed by atoms with Crippen molar-refractivity contribution < 1.29 is 9.53 Å². The van der Waals surface area contributed by atoms with Crippen LogP contribution < -0.4 is 4.74 Å². The van der Waals surface area contributed by atoms with Crippen LogP contribution in [0.1, 0.15) is 38.3 Å². The minimum Gasteiger partial charge on any atom is -0.494 e. The van der Waals surface area contributed by atoms with E-state index in [2.05, 4.69) is 31.0 Å². The van der Waals surface area contributed by atoms with Gasteiger partial charge in [0.05, 0.1) is 6.61 Å². The number of likely N-dealkylation sites (tertiary alicyclic amines) is 1. The maximum Gasteiger partial charge on any atom is 0.222 e. The molecule has 21 heavy (non-hydrogen) atoms. The molecule has 2 rings (SSSR count). The molecule has 1 fully saturated rings. The van der Waals surface area contributed by atoms with Crippen LogP contribution in [-0.2, 0) is 4.79 Å². The molecule has 1 amide bonds. The summed E-state index contributed by atoms with van der Waals surface area (Å²) in [7, 11) is 2.11. The van der Waals surface area contributed by atoms with Crippen LogP contribution >= 0.6 is 0 Å². The highest BCUT2D eigenvalue weighted by Crippen LogP contribution is 2.22. The number of hydrogen-bond donors (Lipinski definition) is 0. The molecule has 0 N–H and O–H groups in total. The average molecular weight is 290 g/mol. The summed E-state index contributed by atoms with van der Waals surface area (Å²) in [6, 6.07) is 8.61. The highest BCUT2D eigenvalue weighted by atomic mass is 16.5. The molecule has 0 aromatic heterocycles. The largest absolute Gasteiger partial charge is 0.494 e. The summed E-state index contributed by atoms with van der Waals surface area (Å²) in [6.45, 7) is 7.53. The SMILES string of the molecule is CCOc1ccc(C(C)N(C)CCN2CCCC2=O)cc1. The van der Waals surface area contributed by atoms with Crippen LogP contribution in [0.15, 0.2) is 24.3 Å².